The Kier molecular flexibility index (Phi) is 7.54. The van der Waals surface area contributed by atoms with Gasteiger partial charge in [0, 0.05) is 27.6 Å². The maximum atomic E-state index is 5.26. The Morgan fingerprint density at radius 3 is 1.53 bits per heavy atom. The summed E-state index contributed by atoms with van der Waals surface area (Å²) in [6.45, 7) is 0. The van der Waals surface area contributed by atoms with Crippen LogP contribution >= 0.6 is 0 Å². The summed E-state index contributed by atoms with van der Waals surface area (Å²) in [6.07, 6.45) is 0. The Morgan fingerprint density at radius 1 is 0.305 bits per heavy atom. The summed E-state index contributed by atoms with van der Waals surface area (Å²) in [5.74, 6) is 0. The minimum Gasteiger partial charge on any atom is -0.309 e. The number of nitrogens with zero attached hydrogens (tertiary/aromatic N) is 3. The molecule has 12 aromatic rings. The van der Waals surface area contributed by atoms with Gasteiger partial charge in [-0.05, 0) is 91.0 Å². The second-order valence-electron chi connectivity index (χ2n) is 15.3. The molecule has 2 heterocycles. The fourth-order valence-electron chi connectivity index (χ4n) is 9.22. The highest BCUT2D eigenvalue weighted by Gasteiger charge is 2.21. The van der Waals surface area contributed by atoms with Gasteiger partial charge in [0.2, 0.25) is 0 Å². The SMILES string of the molecule is c1ccc(-c2ccc(-c3nc4ccccc4nc3-c3ccc(-n4c5ccc6ccccc6c5c5c6ccccc6c(-c6cccc7ccccc67)cc54)cc3)cc2)cc1. The summed E-state index contributed by atoms with van der Waals surface area (Å²) in [5.41, 5.74) is 13.8. The molecule has 3 nitrogen and oxygen atoms in total. The van der Waals surface area contributed by atoms with Gasteiger partial charge < -0.3 is 4.57 Å². The van der Waals surface area contributed by atoms with E-state index in [2.05, 4.69) is 193 Å². The van der Waals surface area contributed by atoms with Crippen molar-refractivity contribution < 1.29 is 0 Å². The van der Waals surface area contributed by atoms with Crippen molar-refractivity contribution in [3.63, 3.8) is 0 Å². The van der Waals surface area contributed by atoms with E-state index in [1.54, 1.807) is 0 Å². The highest BCUT2D eigenvalue weighted by atomic mass is 15.0. The van der Waals surface area contributed by atoms with Crippen LogP contribution in [0.4, 0.5) is 0 Å². The number of aromatic nitrogens is 3. The van der Waals surface area contributed by atoms with Crippen LogP contribution in [-0.4, -0.2) is 14.5 Å². The van der Waals surface area contributed by atoms with E-state index >= 15 is 0 Å². The summed E-state index contributed by atoms with van der Waals surface area (Å²) < 4.78 is 2.46. The zero-order valence-corrected chi connectivity index (χ0v) is 32.0. The third-order valence-corrected chi connectivity index (χ3v) is 12.0. The van der Waals surface area contributed by atoms with Crippen molar-refractivity contribution in [1.82, 2.24) is 14.5 Å². The minimum absolute atomic E-state index is 0.861. The predicted molar refractivity (Wildman–Crippen MR) is 248 cm³/mol. The molecule has 0 saturated carbocycles. The number of rotatable bonds is 5. The number of fused-ring (bicyclic) bond motifs is 9. The second-order valence-corrected chi connectivity index (χ2v) is 15.3. The molecule has 59 heavy (non-hydrogen) atoms. The van der Waals surface area contributed by atoms with Crippen molar-refractivity contribution in [2.45, 2.75) is 0 Å². The normalized spacial score (nSPS) is 11.7. The maximum Gasteiger partial charge on any atom is 0.0973 e. The highest BCUT2D eigenvalue weighted by Crippen LogP contribution is 2.45. The molecule has 0 fully saturated rings. The molecule has 0 atom stereocenters. The van der Waals surface area contributed by atoms with Crippen molar-refractivity contribution in [2.24, 2.45) is 0 Å². The van der Waals surface area contributed by atoms with Gasteiger partial charge in [0.15, 0.2) is 0 Å². The summed E-state index contributed by atoms with van der Waals surface area (Å²) in [6, 6.07) is 76.3. The molecule has 3 heteroatoms. The first kappa shape index (κ1) is 33.3. The van der Waals surface area contributed by atoms with Crippen LogP contribution in [0.1, 0.15) is 0 Å². The summed E-state index contributed by atoms with van der Waals surface area (Å²) >= 11 is 0. The van der Waals surface area contributed by atoms with Gasteiger partial charge in [-0.3, -0.25) is 0 Å². The van der Waals surface area contributed by atoms with E-state index < -0.39 is 0 Å². The lowest BCUT2D eigenvalue weighted by Gasteiger charge is -2.15. The van der Waals surface area contributed by atoms with Gasteiger partial charge in [-0.1, -0.05) is 176 Å². The molecule has 0 unspecified atom stereocenters. The molecule has 0 spiro atoms. The van der Waals surface area contributed by atoms with Crippen molar-refractivity contribution >= 4 is 65.2 Å². The molecule has 0 aliphatic rings. The number of para-hydroxylation sites is 2. The minimum atomic E-state index is 0.861. The van der Waals surface area contributed by atoms with Gasteiger partial charge in [-0.25, -0.2) is 9.97 Å². The smallest absolute Gasteiger partial charge is 0.0973 e. The first-order chi connectivity index (χ1) is 29.3. The average molecular weight is 750 g/mol. The molecule has 10 aromatic carbocycles. The van der Waals surface area contributed by atoms with Crippen molar-refractivity contribution in [1.29, 1.82) is 0 Å². The van der Waals surface area contributed by atoms with Gasteiger partial charge >= 0.3 is 0 Å². The molecule has 0 radical (unpaired) electrons. The van der Waals surface area contributed by atoms with Crippen molar-refractivity contribution in [3.05, 3.63) is 212 Å². The highest BCUT2D eigenvalue weighted by molar-refractivity contribution is 6.30. The fourth-order valence-corrected chi connectivity index (χ4v) is 9.22. The van der Waals surface area contributed by atoms with Gasteiger partial charge in [0.05, 0.1) is 33.5 Å². The number of benzene rings is 10. The van der Waals surface area contributed by atoms with E-state index in [1.165, 1.54) is 76.4 Å². The van der Waals surface area contributed by atoms with Crippen LogP contribution in [0.25, 0.3) is 116 Å². The summed E-state index contributed by atoms with van der Waals surface area (Å²) in [4.78, 5) is 10.5. The average Bonchev–Trinajstić information content (AvgIpc) is 3.66. The molecule has 0 amide bonds. The monoisotopic (exact) mass is 749 g/mol. The Labute approximate surface area is 341 Å². The first-order valence-electron chi connectivity index (χ1n) is 20.2. The molecular formula is C56H35N3. The molecule has 0 aliphatic carbocycles. The third kappa shape index (κ3) is 5.36. The van der Waals surface area contributed by atoms with E-state index in [1.807, 2.05) is 24.3 Å². The van der Waals surface area contributed by atoms with E-state index in [0.29, 0.717) is 0 Å². The molecule has 0 saturated heterocycles. The van der Waals surface area contributed by atoms with Crippen molar-refractivity contribution in [2.75, 3.05) is 0 Å². The Hall–Kier alpha value is -7.88. The molecule has 2 aromatic heterocycles. The van der Waals surface area contributed by atoms with E-state index in [-0.39, 0.29) is 0 Å². The van der Waals surface area contributed by atoms with Gasteiger partial charge in [0.1, 0.15) is 0 Å². The van der Waals surface area contributed by atoms with Crippen LogP contribution in [0.5, 0.6) is 0 Å². The second kappa shape index (κ2) is 13.4. The van der Waals surface area contributed by atoms with Gasteiger partial charge in [-0.15, -0.1) is 0 Å². The zero-order chi connectivity index (χ0) is 38.9. The zero-order valence-electron chi connectivity index (χ0n) is 32.0. The van der Waals surface area contributed by atoms with E-state index in [4.69, 9.17) is 9.97 Å². The van der Waals surface area contributed by atoms with Crippen LogP contribution in [-0.2, 0) is 0 Å². The quantitative estimate of drug-likeness (QED) is 0.175. The standard InChI is InChI=1S/C56H35N3/c1-2-13-36(14-3-1)37-25-27-40(28-26-37)55-56(58-50-24-11-10-23-49(50)57-55)41-29-32-42(33-30-41)59-51-34-31-39-16-5-7-19-44(39)53(51)54-47-21-9-8-20-46(47)48(35-52(54)59)45-22-12-17-38-15-4-6-18-43(38)45/h1-35H. The van der Waals surface area contributed by atoms with E-state index in [9.17, 15) is 0 Å². The van der Waals surface area contributed by atoms with Crippen LogP contribution in [0.3, 0.4) is 0 Å². The number of hydrogen-bond donors (Lipinski definition) is 0. The predicted octanol–water partition coefficient (Wildman–Crippen LogP) is 14.9. The Balaban J connectivity index is 1.08. The summed E-state index contributed by atoms with van der Waals surface area (Å²) in [5, 5.41) is 10.0. The Morgan fingerprint density at radius 2 is 0.814 bits per heavy atom. The lowest BCUT2D eigenvalue weighted by atomic mass is 9.91. The molecular weight excluding hydrogens is 715 g/mol. The molecule has 0 N–H and O–H groups in total. The lowest BCUT2D eigenvalue weighted by molar-refractivity contribution is 1.18. The van der Waals surface area contributed by atoms with Crippen LogP contribution in [0.2, 0.25) is 0 Å². The Bertz CT molecular complexity index is 3580. The topological polar surface area (TPSA) is 30.7 Å². The molecule has 274 valence electrons. The molecule has 0 aliphatic heterocycles. The molecule has 12 rings (SSSR count). The van der Waals surface area contributed by atoms with Crippen LogP contribution in [0.15, 0.2) is 212 Å². The molecule has 0 bridgehead atoms. The lowest BCUT2D eigenvalue weighted by Crippen LogP contribution is -1.97. The summed E-state index contributed by atoms with van der Waals surface area (Å²) in [7, 11) is 0. The number of hydrogen-bond acceptors (Lipinski definition) is 2. The first-order valence-corrected chi connectivity index (χ1v) is 20.2. The fraction of sp³-hybridized carbons (Fsp3) is 0. The van der Waals surface area contributed by atoms with E-state index in [0.717, 1.165) is 39.2 Å². The van der Waals surface area contributed by atoms with Gasteiger partial charge in [-0.2, -0.15) is 0 Å². The van der Waals surface area contributed by atoms with Crippen LogP contribution < -0.4 is 0 Å². The largest absolute Gasteiger partial charge is 0.309 e. The maximum absolute atomic E-state index is 5.26. The third-order valence-electron chi connectivity index (χ3n) is 12.0. The van der Waals surface area contributed by atoms with Gasteiger partial charge in [0.25, 0.3) is 0 Å². The van der Waals surface area contributed by atoms with Crippen molar-refractivity contribution in [3.8, 4) is 50.5 Å². The van der Waals surface area contributed by atoms with Crippen LogP contribution in [0, 0.1) is 0 Å².